The van der Waals surface area contributed by atoms with E-state index in [0.29, 0.717) is 11.1 Å². The number of thioether (sulfide) groups is 1. The van der Waals surface area contributed by atoms with Crippen LogP contribution in [0.3, 0.4) is 0 Å². The molecule has 2 aliphatic heterocycles. The summed E-state index contributed by atoms with van der Waals surface area (Å²) in [5.74, 6) is -4.80. The highest BCUT2D eigenvalue weighted by atomic mass is 32.2. The number of carbonyl (C=O) groups is 5. The van der Waals surface area contributed by atoms with Crippen molar-refractivity contribution in [2.75, 3.05) is 7.11 Å². The van der Waals surface area contributed by atoms with E-state index in [1.807, 2.05) is 0 Å². The van der Waals surface area contributed by atoms with Gasteiger partial charge in [0.25, 0.3) is 0 Å². The molecule has 0 aliphatic carbocycles. The largest absolute Gasteiger partial charge is 0.480 e. The Bertz CT molecular complexity index is 1230. The Morgan fingerprint density at radius 1 is 1.08 bits per heavy atom. The van der Waals surface area contributed by atoms with Crippen molar-refractivity contribution >= 4 is 41.5 Å². The van der Waals surface area contributed by atoms with Crippen LogP contribution in [0.2, 0.25) is 0 Å². The Morgan fingerprint density at radius 2 is 1.73 bits per heavy atom. The zero-order valence-electron chi connectivity index (χ0n) is 20.4. The fraction of sp³-hybridized carbons (Fsp3) is 0.346. The van der Waals surface area contributed by atoms with Crippen LogP contribution in [0.25, 0.3) is 0 Å². The highest BCUT2D eigenvalue weighted by molar-refractivity contribution is 8.01. The second-order valence-electron chi connectivity index (χ2n) is 9.25. The number of amides is 2. The topological polar surface area (TPSA) is 139 Å². The molecular formula is C26H26N2O8S. The fourth-order valence-corrected chi connectivity index (χ4v) is 6.14. The summed E-state index contributed by atoms with van der Waals surface area (Å²) in [6.07, 6.45) is 0.0604. The van der Waals surface area contributed by atoms with Crippen LogP contribution in [0.1, 0.15) is 30.9 Å². The third kappa shape index (κ3) is 5.17. The molecule has 11 heteroatoms. The zero-order valence-corrected chi connectivity index (χ0v) is 21.2. The minimum atomic E-state index is -1.37. The molecule has 2 fully saturated rings. The van der Waals surface area contributed by atoms with Crippen LogP contribution in [0.15, 0.2) is 54.6 Å². The number of hydrogen-bond acceptors (Lipinski definition) is 8. The van der Waals surface area contributed by atoms with Crippen molar-refractivity contribution in [3.63, 3.8) is 0 Å². The first-order valence-electron chi connectivity index (χ1n) is 11.5. The summed E-state index contributed by atoms with van der Waals surface area (Å²) >= 11 is 1.29. The first-order valence-corrected chi connectivity index (χ1v) is 12.4. The van der Waals surface area contributed by atoms with Gasteiger partial charge in [-0.15, -0.1) is 11.8 Å². The van der Waals surface area contributed by atoms with Crippen LogP contribution in [-0.4, -0.2) is 69.0 Å². The molecule has 37 heavy (non-hydrogen) atoms. The van der Waals surface area contributed by atoms with Gasteiger partial charge in [0.2, 0.25) is 11.8 Å². The molecule has 2 saturated heterocycles. The maximum atomic E-state index is 13.3. The number of nitrogens with zero attached hydrogens (tertiary/aromatic N) is 1. The smallest absolute Gasteiger partial charge is 0.328 e. The molecule has 4 rings (SSSR count). The molecule has 2 aliphatic rings. The van der Waals surface area contributed by atoms with Crippen molar-refractivity contribution in [1.82, 2.24) is 10.2 Å². The van der Waals surface area contributed by atoms with Gasteiger partial charge in [-0.05, 0) is 37.1 Å². The van der Waals surface area contributed by atoms with Crippen LogP contribution in [0.4, 0.5) is 0 Å². The Balaban J connectivity index is 1.50. The maximum Gasteiger partial charge on any atom is 0.328 e. The van der Waals surface area contributed by atoms with E-state index in [1.54, 1.807) is 56.3 Å². The fourth-order valence-electron chi connectivity index (χ4n) is 4.51. The molecule has 0 spiro atoms. The van der Waals surface area contributed by atoms with Gasteiger partial charge >= 0.3 is 17.9 Å². The number of carboxylic acid groups (broad SMARTS) is 1. The summed E-state index contributed by atoms with van der Waals surface area (Å²) in [7, 11) is 1.29. The second-order valence-corrected chi connectivity index (χ2v) is 11.0. The predicted octanol–water partition coefficient (Wildman–Crippen LogP) is 1.72. The first-order chi connectivity index (χ1) is 17.5. The van der Waals surface area contributed by atoms with Crippen molar-refractivity contribution in [3.05, 3.63) is 65.7 Å². The molecule has 2 heterocycles. The minimum absolute atomic E-state index is 0.0604. The molecule has 1 unspecified atom stereocenters. The number of aliphatic carboxylic acids is 1. The summed E-state index contributed by atoms with van der Waals surface area (Å²) in [5.41, 5.74) is 1.03. The normalized spacial score (nSPS) is 22.3. The number of rotatable bonds is 8. The van der Waals surface area contributed by atoms with Gasteiger partial charge in [0.05, 0.1) is 13.5 Å². The lowest BCUT2D eigenvalue weighted by atomic mass is 9.94. The summed E-state index contributed by atoms with van der Waals surface area (Å²) in [6, 6.07) is 12.5. The summed E-state index contributed by atoms with van der Waals surface area (Å²) in [6.45, 7) is 3.48. The predicted molar refractivity (Wildman–Crippen MR) is 133 cm³/mol. The Morgan fingerprint density at radius 3 is 2.32 bits per heavy atom. The molecule has 0 bridgehead atoms. The van der Waals surface area contributed by atoms with E-state index in [2.05, 4.69) is 10.1 Å². The van der Waals surface area contributed by atoms with E-state index in [0.717, 1.165) is 0 Å². The number of esters is 2. The molecule has 2 amide bonds. The van der Waals surface area contributed by atoms with Crippen LogP contribution >= 0.6 is 11.8 Å². The van der Waals surface area contributed by atoms with E-state index >= 15 is 0 Å². The van der Waals surface area contributed by atoms with Crippen LogP contribution in [-0.2, 0) is 35.1 Å². The molecule has 10 nitrogen and oxygen atoms in total. The van der Waals surface area contributed by atoms with Crippen molar-refractivity contribution < 1.29 is 38.6 Å². The van der Waals surface area contributed by atoms with Crippen molar-refractivity contribution in [3.8, 4) is 5.75 Å². The van der Waals surface area contributed by atoms with Gasteiger partial charge in [-0.1, -0.05) is 42.5 Å². The highest BCUT2D eigenvalue weighted by Crippen LogP contribution is 2.50. The average Bonchev–Trinajstić information content (AvgIpc) is 3.12. The maximum absolute atomic E-state index is 13.3. The summed E-state index contributed by atoms with van der Waals surface area (Å²) < 4.78 is 9.36. The van der Waals surface area contributed by atoms with Gasteiger partial charge in [0.1, 0.15) is 23.2 Å². The molecule has 0 saturated carbocycles. The third-order valence-electron chi connectivity index (χ3n) is 6.32. The van der Waals surface area contributed by atoms with Gasteiger partial charge in [0, 0.05) is 4.75 Å². The average molecular weight is 527 g/mol. The van der Waals surface area contributed by atoms with Gasteiger partial charge in [0.15, 0.2) is 5.92 Å². The summed E-state index contributed by atoms with van der Waals surface area (Å²) in [4.78, 5) is 63.8. The molecular weight excluding hydrogens is 500 g/mol. The van der Waals surface area contributed by atoms with Crippen LogP contribution in [0, 0.1) is 0 Å². The standard InChI is InChI=1S/C26H26N2O8S/c1-26(2)20(24(32)33)28-22(31)19(23(28)37-26)27-21(30)18(15-7-5-4-6-8-15)25(34)36-16-11-9-14(10-12-16)13-17(29)35-3/h4-12,18-20,23H,13H2,1-3H3,(H,27,30)(H,32,33)/t18?,19-,20+,23-/m1/s1. The van der Waals surface area contributed by atoms with Crippen LogP contribution in [0.5, 0.6) is 5.75 Å². The van der Waals surface area contributed by atoms with E-state index in [-0.39, 0.29) is 12.2 Å². The molecule has 0 aromatic heterocycles. The second kappa shape index (κ2) is 10.3. The Hall–Kier alpha value is -3.86. The van der Waals surface area contributed by atoms with Crippen LogP contribution < -0.4 is 10.1 Å². The Kier molecular flexibility index (Phi) is 7.26. The van der Waals surface area contributed by atoms with Gasteiger partial charge < -0.3 is 24.8 Å². The van der Waals surface area contributed by atoms with Gasteiger partial charge in [-0.25, -0.2) is 4.79 Å². The van der Waals surface area contributed by atoms with Crippen molar-refractivity contribution in [2.45, 2.75) is 48.4 Å². The number of benzene rings is 2. The van der Waals surface area contributed by atoms with E-state index in [4.69, 9.17) is 4.74 Å². The Labute approximate surface area is 217 Å². The molecule has 194 valence electrons. The number of nitrogens with one attached hydrogen (secondary N) is 1. The number of carbonyl (C=O) groups excluding carboxylic acids is 4. The molecule has 2 aromatic carbocycles. The molecule has 4 atom stereocenters. The monoisotopic (exact) mass is 526 g/mol. The summed E-state index contributed by atoms with van der Waals surface area (Å²) in [5, 5.41) is 11.7. The van der Waals surface area contributed by atoms with E-state index in [1.165, 1.54) is 35.9 Å². The first kappa shape index (κ1) is 26.2. The van der Waals surface area contributed by atoms with Gasteiger partial charge in [-0.3, -0.25) is 19.2 Å². The lowest BCUT2D eigenvalue weighted by Gasteiger charge is -2.43. The zero-order chi connectivity index (χ0) is 26.9. The molecule has 2 aromatic rings. The van der Waals surface area contributed by atoms with E-state index < -0.39 is 57.8 Å². The minimum Gasteiger partial charge on any atom is -0.480 e. The van der Waals surface area contributed by atoms with Gasteiger partial charge in [-0.2, -0.15) is 0 Å². The lowest BCUT2D eigenvalue weighted by molar-refractivity contribution is -0.161. The number of fused-ring (bicyclic) bond motifs is 1. The van der Waals surface area contributed by atoms with E-state index in [9.17, 15) is 29.1 Å². The number of carboxylic acids is 1. The lowest BCUT2D eigenvalue weighted by Crippen LogP contribution is -2.71. The number of hydrogen-bond donors (Lipinski definition) is 2. The quantitative estimate of drug-likeness (QED) is 0.228. The molecule has 0 radical (unpaired) electrons. The SMILES string of the molecule is COC(=O)Cc1ccc(OC(=O)C(C(=O)N[C@@H]2C(=O)N3[C@@H]2SC(C)(C)[C@@H]3C(=O)O)c2ccccc2)cc1. The number of ether oxygens (including phenoxy) is 2. The number of β-lactam (4-membered cyclic amide) rings is 1. The third-order valence-corrected chi connectivity index (χ3v) is 7.89. The van der Waals surface area contributed by atoms with Crippen molar-refractivity contribution in [2.24, 2.45) is 0 Å². The van der Waals surface area contributed by atoms with Crippen molar-refractivity contribution in [1.29, 1.82) is 0 Å². The number of methoxy groups -OCH3 is 1. The highest BCUT2D eigenvalue weighted by Gasteiger charge is 2.64. The molecule has 2 N–H and O–H groups in total.